The van der Waals surface area contributed by atoms with Gasteiger partial charge in [-0.05, 0) is 31.6 Å². The van der Waals surface area contributed by atoms with Gasteiger partial charge in [-0.3, -0.25) is 4.79 Å². The summed E-state index contributed by atoms with van der Waals surface area (Å²) in [7, 11) is 0. The van der Waals surface area contributed by atoms with E-state index >= 15 is 0 Å². The molecular weight excluding hydrogens is 184 g/mol. The van der Waals surface area contributed by atoms with Crippen molar-refractivity contribution in [3.05, 3.63) is 12.2 Å². The van der Waals surface area contributed by atoms with Gasteiger partial charge in [0.2, 0.25) is 0 Å². The van der Waals surface area contributed by atoms with Gasteiger partial charge in [0.25, 0.3) is 0 Å². The summed E-state index contributed by atoms with van der Waals surface area (Å²) in [6, 6.07) is 0. The fourth-order valence-electron chi connectivity index (χ4n) is 2.99. The molecule has 0 bridgehead atoms. The molecule has 1 saturated carbocycles. The predicted octanol–water partition coefficient (Wildman–Crippen LogP) is 3.88. The molecule has 0 aromatic rings. The second-order valence-electron chi connectivity index (χ2n) is 5.05. The predicted molar refractivity (Wildman–Crippen MR) is 62.7 cm³/mol. The summed E-state index contributed by atoms with van der Waals surface area (Å²) in [6.45, 7) is 0. The van der Waals surface area contributed by atoms with E-state index in [1.54, 1.807) is 0 Å². The molecule has 15 heavy (non-hydrogen) atoms. The van der Waals surface area contributed by atoms with E-state index in [1.165, 1.54) is 32.1 Å². The van der Waals surface area contributed by atoms with Crippen LogP contribution in [0.25, 0.3) is 0 Å². The lowest BCUT2D eigenvalue weighted by atomic mass is 9.77. The summed E-state index contributed by atoms with van der Waals surface area (Å²) in [4.78, 5) is 12.0. The molecule has 1 nitrogen and oxygen atoms in total. The van der Waals surface area contributed by atoms with Crippen molar-refractivity contribution < 1.29 is 4.79 Å². The molecule has 2 aliphatic carbocycles. The van der Waals surface area contributed by atoms with E-state index in [2.05, 4.69) is 12.2 Å². The summed E-state index contributed by atoms with van der Waals surface area (Å²) in [5.41, 5.74) is 0. The molecule has 0 spiro atoms. The normalized spacial score (nSPS) is 35.6. The molecule has 0 saturated heterocycles. The van der Waals surface area contributed by atoms with Crippen molar-refractivity contribution in [2.75, 3.05) is 0 Å². The number of hydrogen-bond donors (Lipinski definition) is 0. The highest BCUT2D eigenvalue weighted by Gasteiger charge is 2.27. The summed E-state index contributed by atoms with van der Waals surface area (Å²) in [5.74, 6) is 1.48. The first kappa shape index (κ1) is 10.9. The molecule has 0 aromatic carbocycles. The smallest absolute Gasteiger partial charge is 0.136 e. The highest BCUT2D eigenvalue weighted by Crippen LogP contribution is 2.32. The number of hydrogen-bond acceptors (Lipinski definition) is 1. The molecule has 2 aliphatic rings. The number of carbonyl (C=O) groups excluding carboxylic acids is 1. The zero-order valence-electron chi connectivity index (χ0n) is 9.58. The lowest BCUT2D eigenvalue weighted by Crippen LogP contribution is -2.24. The molecule has 0 amide bonds. The topological polar surface area (TPSA) is 17.1 Å². The van der Waals surface area contributed by atoms with Gasteiger partial charge in [-0.2, -0.15) is 0 Å². The molecule has 1 heteroatoms. The van der Waals surface area contributed by atoms with Crippen molar-refractivity contribution in [1.82, 2.24) is 0 Å². The van der Waals surface area contributed by atoms with Gasteiger partial charge in [0.05, 0.1) is 0 Å². The van der Waals surface area contributed by atoms with Gasteiger partial charge in [-0.25, -0.2) is 0 Å². The number of Topliss-reactive ketones (excluding diaryl/α,β-unsaturated/α-hetero) is 1. The molecule has 0 radical (unpaired) electrons. The molecule has 2 rings (SSSR count). The number of ketones is 1. The van der Waals surface area contributed by atoms with Crippen LogP contribution >= 0.6 is 0 Å². The third-order valence-corrected chi connectivity index (χ3v) is 3.91. The zero-order valence-corrected chi connectivity index (χ0v) is 9.58. The van der Waals surface area contributed by atoms with Crippen LogP contribution in [0, 0.1) is 11.8 Å². The standard InChI is InChI=1S/C14H22O/c15-14-11-7-3-5-9-12-8-4-1-2-6-10-13(12)14/h5,9,12-13H,1-4,6-8,10-11H2/b9-5-. The molecular formula is C14H22O. The van der Waals surface area contributed by atoms with E-state index in [0.29, 0.717) is 17.6 Å². The van der Waals surface area contributed by atoms with E-state index in [0.717, 1.165) is 25.7 Å². The second kappa shape index (κ2) is 5.48. The quantitative estimate of drug-likeness (QED) is 0.550. The van der Waals surface area contributed by atoms with Crippen molar-refractivity contribution in [2.24, 2.45) is 11.8 Å². The van der Waals surface area contributed by atoms with Crippen LogP contribution in [-0.4, -0.2) is 5.78 Å². The third-order valence-electron chi connectivity index (χ3n) is 3.91. The Hall–Kier alpha value is -0.590. The van der Waals surface area contributed by atoms with E-state index < -0.39 is 0 Å². The van der Waals surface area contributed by atoms with Crippen LogP contribution in [0.2, 0.25) is 0 Å². The van der Waals surface area contributed by atoms with Gasteiger partial charge in [0, 0.05) is 12.3 Å². The van der Waals surface area contributed by atoms with E-state index in [-0.39, 0.29) is 0 Å². The average molecular weight is 206 g/mol. The maximum atomic E-state index is 12.0. The maximum Gasteiger partial charge on any atom is 0.136 e. The molecule has 84 valence electrons. The summed E-state index contributed by atoms with van der Waals surface area (Å²) >= 11 is 0. The fraction of sp³-hybridized carbons (Fsp3) is 0.786. The minimum absolute atomic E-state index is 0.363. The van der Waals surface area contributed by atoms with Crippen LogP contribution in [0.5, 0.6) is 0 Å². The van der Waals surface area contributed by atoms with Crippen LogP contribution in [0.15, 0.2) is 12.2 Å². The first-order chi connectivity index (χ1) is 7.38. The average Bonchev–Trinajstić information content (AvgIpc) is 2.18. The van der Waals surface area contributed by atoms with Crippen LogP contribution in [0.4, 0.5) is 0 Å². The van der Waals surface area contributed by atoms with Crippen LogP contribution in [-0.2, 0) is 4.79 Å². The van der Waals surface area contributed by atoms with Crippen molar-refractivity contribution in [3.8, 4) is 0 Å². The fourth-order valence-corrected chi connectivity index (χ4v) is 2.99. The largest absolute Gasteiger partial charge is 0.299 e. The molecule has 0 aromatic heterocycles. The van der Waals surface area contributed by atoms with Gasteiger partial charge < -0.3 is 0 Å². The van der Waals surface area contributed by atoms with Crippen molar-refractivity contribution >= 4 is 5.78 Å². The Kier molecular flexibility index (Phi) is 3.99. The first-order valence-electron chi connectivity index (χ1n) is 6.57. The lowest BCUT2D eigenvalue weighted by molar-refractivity contribution is -0.124. The summed E-state index contributed by atoms with van der Waals surface area (Å²) in [5, 5.41) is 0. The van der Waals surface area contributed by atoms with E-state index in [4.69, 9.17) is 0 Å². The molecule has 2 unspecified atom stereocenters. The van der Waals surface area contributed by atoms with Gasteiger partial charge >= 0.3 is 0 Å². The zero-order chi connectivity index (χ0) is 10.5. The summed E-state index contributed by atoms with van der Waals surface area (Å²) in [6.07, 6.45) is 15.3. The summed E-state index contributed by atoms with van der Waals surface area (Å²) < 4.78 is 0. The van der Waals surface area contributed by atoms with Gasteiger partial charge in [-0.1, -0.05) is 37.8 Å². The van der Waals surface area contributed by atoms with Gasteiger partial charge in [-0.15, -0.1) is 0 Å². The minimum Gasteiger partial charge on any atom is -0.299 e. The van der Waals surface area contributed by atoms with Crippen LogP contribution in [0.3, 0.4) is 0 Å². The number of rotatable bonds is 0. The van der Waals surface area contributed by atoms with Crippen molar-refractivity contribution in [2.45, 2.75) is 57.8 Å². The Morgan fingerprint density at radius 2 is 1.80 bits per heavy atom. The Labute approximate surface area is 92.9 Å². The molecule has 0 heterocycles. The highest BCUT2D eigenvalue weighted by molar-refractivity contribution is 5.81. The second-order valence-corrected chi connectivity index (χ2v) is 5.05. The third kappa shape index (κ3) is 2.93. The van der Waals surface area contributed by atoms with Crippen LogP contribution < -0.4 is 0 Å². The SMILES string of the molecule is O=C1CCC/C=C\C2CCCCCCC12. The molecule has 0 aliphatic heterocycles. The highest BCUT2D eigenvalue weighted by atomic mass is 16.1. The van der Waals surface area contributed by atoms with Crippen molar-refractivity contribution in [1.29, 1.82) is 0 Å². The Morgan fingerprint density at radius 3 is 2.67 bits per heavy atom. The Balaban J connectivity index is 2.09. The van der Waals surface area contributed by atoms with Gasteiger partial charge in [0.15, 0.2) is 0 Å². The number of allylic oxidation sites excluding steroid dienone is 2. The number of carbonyl (C=O) groups is 1. The molecule has 0 N–H and O–H groups in total. The van der Waals surface area contributed by atoms with Crippen LogP contribution in [0.1, 0.15) is 57.8 Å². The monoisotopic (exact) mass is 206 g/mol. The van der Waals surface area contributed by atoms with Crippen molar-refractivity contribution in [3.63, 3.8) is 0 Å². The Morgan fingerprint density at radius 1 is 1.00 bits per heavy atom. The molecule has 2 atom stereocenters. The minimum atomic E-state index is 0.363. The first-order valence-corrected chi connectivity index (χ1v) is 6.57. The maximum absolute atomic E-state index is 12.0. The van der Waals surface area contributed by atoms with E-state index in [9.17, 15) is 4.79 Å². The van der Waals surface area contributed by atoms with E-state index in [1.807, 2.05) is 0 Å². The lowest BCUT2D eigenvalue weighted by Gasteiger charge is -2.27. The number of fused-ring (bicyclic) bond motifs is 1. The van der Waals surface area contributed by atoms with Gasteiger partial charge in [0.1, 0.15) is 5.78 Å². The molecule has 1 fully saturated rings. The Bertz CT molecular complexity index is 242.